The lowest BCUT2D eigenvalue weighted by molar-refractivity contribution is -0.125. The van der Waals surface area contributed by atoms with Crippen LogP contribution in [0.25, 0.3) is 0 Å². The number of benzene rings is 2. The second-order valence-corrected chi connectivity index (χ2v) is 6.64. The molecule has 0 fully saturated rings. The first-order chi connectivity index (χ1) is 13.7. The molecular weight excluding hydrogens is 356 g/mol. The van der Waals surface area contributed by atoms with E-state index in [2.05, 4.69) is 5.32 Å². The third-order valence-corrected chi connectivity index (χ3v) is 4.72. The number of carbonyl (C=O) groups excluding carboxylic acids is 2. The van der Waals surface area contributed by atoms with Crippen LogP contribution in [0.5, 0.6) is 5.75 Å². The Morgan fingerprint density at radius 3 is 2.61 bits per heavy atom. The van der Waals surface area contributed by atoms with E-state index >= 15 is 0 Å². The molecule has 1 atom stereocenters. The Balaban J connectivity index is 1.79. The molecule has 148 valence electrons. The largest absolute Gasteiger partial charge is 0.494 e. The molecule has 0 bridgehead atoms. The zero-order valence-corrected chi connectivity index (χ0v) is 16.3. The second kappa shape index (κ2) is 9.37. The molecule has 6 nitrogen and oxygen atoms in total. The van der Waals surface area contributed by atoms with Crippen molar-refractivity contribution in [3.05, 3.63) is 65.2 Å². The Morgan fingerprint density at radius 1 is 1.14 bits per heavy atom. The SMILES string of the molecule is CCOc1ccc(CN2C(=O)c3ccccc3[C@H]2C(=O)NCCCOC)cc1. The molecule has 0 aromatic heterocycles. The van der Waals surface area contributed by atoms with Crippen LogP contribution < -0.4 is 10.1 Å². The van der Waals surface area contributed by atoms with Crippen LogP contribution in [0.4, 0.5) is 0 Å². The van der Waals surface area contributed by atoms with Gasteiger partial charge in [-0.1, -0.05) is 30.3 Å². The molecule has 2 aromatic carbocycles. The number of carbonyl (C=O) groups is 2. The first-order valence-corrected chi connectivity index (χ1v) is 9.54. The van der Waals surface area contributed by atoms with Gasteiger partial charge >= 0.3 is 0 Å². The van der Waals surface area contributed by atoms with Gasteiger partial charge in [0.05, 0.1) is 6.61 Å². The first-order valence-electron chi connectivity index (χ1n) is 9.54. The van der Waals surface area contributed by atoms with Gasteiger partial charge < -0.3 is 19.7 Å². The van der Waals surface area contributed by atoms with Crippen molar-refractivity contribution in [2.45, 2.75) is 25.9 Å². The Labute approximate surface area is 165 Å². The number of hydrogen-bond donors (Lipinski definition) is 1. The van der Waals surface area contributed by atoms with Crippen molar-refractivity contribution in [2.75, 3.05) is 26.9 Å². The molecule has 0 saturated heterocycles. The summed E-state index contributed by atoms with van der Waals surface area (Å²) in [5.41, 5.74) is 2.29. The van der Waals surface area contributed by atoms with Crippen LogP contribution in [0.2, 0.25) is 0 Å². The third kappa shape index (κ3) is 4.34. The summed E-state index contributed by atoms with van der Waals surface area (Å²) in [4.78, 5) is 27.5. The van der Waals surface area contributed by atoms with Crippen molar-refractivity contribution in [3.8, 4) is 5.75 Å². The Hall–Kier alpha value is -2.86. The number of hydrogen-bond acceptors (Lipinski definition) is 4. The van der Waals surface area contributed by atoms with Crippen molar-refractivity contribution in [2.24, 2.45) is 0 Å². The minimum atomic E-state index is -0.627. The van der Waals surface area contributed by atoms with Gasteiger partial charge in [-0.25, -0.2) is 0 Å². The van der Waals surface area contributed by atoms with E-state index in [0.717, 1.165) is 23.3 Å². The quantitative estimate of drug-likeness (QED) is 0.677. The van der Waals surface area contributed by atoms with Crippen LogP contribution in [-0.2, 0) is 16.1 Å². The summed E-state index contributed by atoms with van der Waals surface area (Å²) in [6, 6.07) is 14.3. The summed E-state index contributed by atoms with van der Waals surface area (Å²) in [5.74, 6) is 0.497. The molecule has 1 aliphatic rings. The highest BCUT2D eigenvalue weighted by Crippen LogP contribution is 2.35. The summed E-state index contributed by atoms with van der Waals surface area (Å²) in [5, 5.41) is 2.93. The van der Waals surface area contributed by atoms with Crippen LogP contribution in [-0.4, -0.2) is 43.6 Å². The number of nitrogens with one attached hydrogen (secondary N) is 1. The van der Waals surface area contributed by atoms with E-state index in [1.165, 1.54) is 0 Å². The summed E-state index contributed by atoms with van der Waals surface area (Å²) in [6.07, 6.45) is 0.726. The Kier molecular flexibility index (Phi) is 6.66. The molecule has 1 heterocycles. The number of ether oxygens (including phenoxy) is 2. The highest BCUT2D eigenvalue weighted by molar-refractivity contribution is 6.04. The fourth-order valence-corrected chi connectivity index (χ4v) is 3.40. The smallest absolute Gasteiger partial charge is 0.255 e. The van der Waals surface area contributed by atoms with Crippen LogP contribution >= 0.6 is 0 Å². The lowest BCUT2D eigenvalue weighted by Crippen LogP contribution is -2.39. The molecule has 0 saturated carbocycles. The molecular formula is C22H26N2O4. The van der Waals surface area contributed by atoms with Gasteiger partial charge in [0, 0.05) is 32.4 Å². The average Bonchev–Trinajstić information content (AvgIpc) is 2.99. The molecule has 2 aromatic rings. The summed E-state index contributed by atoms with van der Waals surface area (Å²) in [6.45, 7) is 3.98. The van der Waals surface area contributed by atoms with Crippen molar-refractivity contribution in [3.63, 3.8) is 0 Å². The molecule has 2 amide bonds. The maximum atomic E-state index is 13.0. The monoisotopic (exact) mass is 382 g/mol. The molecule has 3 rings (SSSR count). The van der Waals surface area contributed by atoms with Gasteiger partial charge in [0.2, 0.25) is 5.91 Å². The normalized spacial score (nSPS) is 15.4. The molecule has 6 heteroatoms. The number of amides is 2. The first kappa shape index (κ1) is 19.9. The van der Waals surface area contributed by atoms with Crippen LogP contribution in [0.1, 0.15) is 40.9 Å². The van der Waals surface area contributed by atoms with Crippen molar-refractivity contribution in [1.29, 1.82) is 0 Å². The highest BCUT2D eigenvalue weighted by atomic mass is 16.5. The van der Waals surface area contributed by atoms with E-state index in [-0.39, 0.29) is 11.8 Å². The van der Waals surface area contributed by atoms with Gasteiger partial charge in [-0.15, -0.1) is 0 Å². The van der Waals surface area contributed by atoms with Gasteiger partial charge in [-0.2, -0.15) is 0 Å². The second-order valence-electron chi connectivity index (χ2n) is 6.64. The molecule has 1 N–H and O–H groups in total. The lowest BCUT2D eigenvalue weighted by atomic mass is 10.0. The Morgan fingerprint density at radius 2 is 1.89 bits per heavy atom. The topological polar surface area (TPSA) is 67.9 Å². The predicted octanol–water partition coefficient (Wildman–Crippen LogP) is 2.94. The van der Waals surface area contributed by atoms with Gasteiger partial charge in [0.15, 0.2) is 0 Å². The van der Waals surface area contributed by atoms with E-state index < -0.39 is 6.04 Å². The zero-order chi connectivity index (χ0) is 19.9. The van der Waals surface area contributed by atoms with E-state index in [0.29, 0.717) is 31.9 Å². The molecule has 1 aliphatic heterocycles. The van der Waals surface area contributed by atoms with Gasteiger partial charge in [-0.3, -0.25) is 9.59 Å². The van der Waals surface area contributed by atoms with Crippen molar-refractivity contribution < 1.29 is 19.1 Å². The van der Waals surface area contributed by atoms with E-state index in [4.69, 9.17) is 9.47 Å². The molecule has 0 aliphatic carbocycles. The molecule has 28 heavy (non-hydrogen) atoms. The molecule has 0 spiro atoms. The fraction of sp³-hybridized carbons (Fsp3) is 0.364. The van der Waals surface area contributed by atoms with Crippen LogP contribution in [0, 0.1) is 0 Å². The minimum absolute atomic E-state index is 0.124. The summed E-state index contributed by atoms with van der Waals surface area (Å²) < 4.78 is 10.5. The molecule has 0 unspecified atom stereocenters. The van der Waals surface area contributed by atoms with Crippen LogP contribution in [0.15, 0.2) is 48.5 Å². The third-order valence-electron chi connectivity index (χ3n) is 4.72. The summed E-state index contributed by atoms with van der Waals surface area (Å²) >= 11 is 0. The standard InChI is InChI=1S/C22H26N2O4/c1-3-28-17-11-9-16(10-12-17)15-24-20(21(25)23-13-6-14-27-2)18-7-4-5-8-19(18)22(24)26/h4-5,7-12,20H,3,6,13-15H2,1-2H3,(H,23,25)/t20-/m0/s1. The fourth-order valence-electron chi connectivity index (χ4n) is 3.40. The number of nitrogens with zero attached hydrogens (tertiary/aromatic N) is 1. The van der Waals surface area contributed by atoms with Gasteiger partial charge in [0.1, 0.15) is 11.8 Å². The van der Waals surface area contributed by atoms with Gasteiger partial charge in [-0.05, 0) is 42.7 Å². The number of fused-ring (bicyclic) bond motifs is 1. The zero-order valence-electron chi connectivity index (χ0n) is 16.3. The van der Waals surface area contributed by atoms with Crippen molar-refractivity contribution in [1.82, 2.24) is 10.2 Å². The predicted molar refractivity (Wildman–Crippen MR) is 106 cm³/mol. The van der Waals surface area contributed by atoms with Crippen LogP contribution in [0.3, 0.4) is 0 Å². The highest BCUT2D eigenvalue weighted by Gasteiger charge is 2.40. The van der Waals surface area contributed by atoms with Crippen molar-refractivity contribution >= 4 is 11.8 Å². The van der Waals surface area contributed by atoms with Gasteiger partial charge in [0.25, 0.3) is 5.91 Å². The average molecular weight is 382 g/mol. The number of methoxy groups -OCH3 is 1. The van der Waals surface area contributed by atoms with E-state index in [1.807, 2.05) is 49.4 Å². The summed E-state index contributed by atoms with van der Waals surface area (Å²) in [7, 11) is 1.63. The maximum absolute atomic E-state index is 13.0. The minimum Gasteiger partial charge on any atom is -0.494 e. The van der Waals surface area contributed by atoms with E-state index in [9.17, 15) is 9.59 Å². The maximum Gasteiger partial charge on any atom is 0.255 e. The number of rotatable bonds is 9. The lowest BCUT2D eigenvalue weighted by Gasteiger charge is -2.25. The Bertz CT molecular complexity index is 820. The van der Waals surface area contributed by atoms with E-state index in [1.54, 1.807) is 18.1 Å². The molecule has 0 radical (unpaired) electrons.